The molecule has 0 N–H and O–H groups in total. The van der Waals surface area contributed by atoms with Crippen LogP contribution in [-0.4, -0.2) is 4.98 Å². The third-order valence-electron chi connectivity index (χ3n) is 1.72. The van der Waals surface area contributed by atoms with Gasteiger partial charge in [0.25, 0.3) is 0 Å². The fourth-order valence-corrected chi connectivity index (χ4v) is 1.11. The molecule has 0 saturated heterocycles. The number of hydrogen-bond donors (Lipinski definition) is 0. The van der Waals surface area contributed by atoms with Crippen molar-refractivity contribution in [3.63, 3.8) is 0 Å². The zero-order valence-electron chi connectivity index (χ0n) is 6.41. The number of pyridine rings is 1. The Labute approximate surface area is 71.1 Å². The Hall–Kier alpha value is -1.81. The quantitative estimate of drug-likeness (QED) is 0.526. The topological polar surface area (TPSA) is 12.9 Å². The van der Waals surface area contributed by atoms with Gasteiger partial charge >= 0.3 is 0 Å². The first-order valence-corrected chi connectivity index (χ1v) is 3.63. The van der Waals surface area contributed by atoms with E-state index >= 15 is 0 Å². The largest absolute Gasteiger partial charge is 0.246 e. The molecule has 2 rings (SSSR count). The van der Waals surface area contributed by atoms with Gasteiger partial charge in [-0.25, -0.2) is 4.98 Å². The van der Waals surface area contributed by atoms with Gasteiger partial charge in [0.15, 0.2) is 0 Å². The van der Waals surface area contributed by atoms with Gasteiger partial charge in [0.05, 0.1) is 11.7 Å². The number of nitrogens with zero attached hydrogens (tertiary/aromatic N) is 1. The van der Waals surface area contributed by atoms with Crippen molar-refractivity contribution in [1.29, 1.82) is 0 Å². The van der Waals surface area contributed by atoms with Crippen molar-refractivity contribution in [3.05, 3.63) is 42.1 Å². The van der Waals surface area contributed by atoms with Crippen LogP contribution in [0.3, 0.4) is 0 Å². The number of aromatic nitrogens is 1. The molecule has 1 aromatic heterocycles. The fourth-order valence-electron chi connectivity index (χ4n) is 1.11. The second-order valence-corrected chi connectivity index (χ2v) is 2.49. The summed E-state index contributed by atoms with van der Waals surface area (Å²) in [6.07, 6.45) is 8.02. The molecule has 0 fully saturated rings. The molecule has 0 aliphatic rings. The van der Waals surface area contributed by atoms with Crippen LogP contribution in [0.2, 0.25) is 0 Å². The Morgan fingerprint density at radius 2 is 2.25 bits per heavy atom. The minimum atomic E-state index is 0.856. The lowest BCUT2D eigenvalue weighted by molar-refractivity contribution is 1.39. The molecule has 0 bridgehead atoms. The van der Waals surface area contributed by atoms with Crippen LogP contribution in [-0.2, 0) is 0 Å². The van der Waals surface area contributed by atoms with Crippen LogP contribution in [0.5, 0.6) is 0 Å². The van der Waals surface area contributed by atoms with Gasteiger partial charge in [-0.2, -0.15) is 0 Å². The molecule has 0 atom stereocenters. The van der Waals surface area contributed by atoms with Crippen molar-refractivity contribution >= 4 is 10.9 Å². The number of hydrogen-bond acceptors (Lipinski definition) is 1. The molecule has 2 aromatic rings. The smallest absolute Gasteiger partial charge is 0.0894 e. The van der Waals surface area contributed by atoms with E-state index in [-0.39, 0.29) is 0 Å². The van der Waals surface area contributed by atoms with Crippen molar-refractivity contribution < 1.29 is 0 Å². The SMILES string of the molecule is C#Cc1ccc2cc[c]nc2c1. The van der Waals surface area contributed by atoms with E-state index in [0.717, 1.165) is 16.5 Å². The molecular weight excluding hydrogens is 146 g/mol. The van der Waals surface area contributed by atoms with Crippen molar-refractivity contribution in [2.45, 2.75) is 0 Å². The Bertz CT molecular complexity index is 452. The number of terminal acetylenes is 1. The van der Waals surface area contributed by atoms with Crippen molar-refractivity contribution in [2.24, 2.45) is 0 Å². The molecule has 0 saturated carbocycles. The van der Waals surface area contributed by atoms with Crippen molar-refractivity contribution in [1.82, 2.24) is 4.98 Å². The van der Waals surface area contributed by atoms with E-state index in [9.17, 15) is 0 Å². The molecule has 1 heteroatoms. The van der Waals surface area contributed by atoms with Crippen LogP contribution in [0.15, 0.2) is 30.3 Å². The lowest BCUT2D eigenvalue weighted by Crippen LogP contribution is -1.79. The highest BCUT2D eigenvalue weighted by Crippen LogP contribution is 2.11. The molecule has 0 unspecified atom stereocenters. The number of benzene rings is 1. The summed E-state index contributed by atoms with van der Waals surface area (Å²) >= 11 is 0. The maximum absolute atomic E-state index is 5.25. The van der Waals surface area contributed by atoms with Gasteiger partial charge in [0.1, 0.15) is 0 Å². The maximum atomic E-state index is 5.25. The summed E-state index contributed by atoms with van der Waals surface area (Å²) in [4.78, 5) is 4.07. The Kier molecular flexibility index (Phi) is 1.53. The summed E-state index contributed by atoms with van der Waals surface area (Å²) in [7, 11) is 0. The Morgan fingerprint density at radius 3 is 3.08 bits per heavy atom. The predicted octanol–water partition coefficient (Wildman–Crippen LogP) is 2.02. The van der Waals surface area contributed by atoms with Crippen molar-refractivity contribution in [2.75, 3.05) is 0 Å². The van der Waals surface area contributed by atoms with Crippen LogP contribution in [0.1, 0.15) is 5.56 Å². The standard InChI is InChI=1S/C11H6N/c1-2-9-5-6-10-4-3-7-12-11(10)8-9/h1,3-6,8H. The summed E-state index contributed by atoms with van der Waals surface area (Å²) in [6, 6.07) is 9.50. The highest BCUT2D eigenvalue weighted by molar-refractivity contribution is 5.79. The Balaban J connectivity index is 2.78. The fraction of sp³-hybridized carbons (Fsp3) is 0. The van der Waals surface area contributed by atoms with Gasteiger partial charge < -0.3 is 0 Å². The van der Waals surface area contributed by atoms with Gasteiger partial charge in [-0.3, -0.25) is 0 Å². The molecule has 12 heavy (non-hydrogen) atoms. The van der Waals surface area contributed by atoms with E-state index in [4.69, 9.17) is 6.42 Å². The third-order valence-corrected chi connectivity index (χ3v) is 1.72. The molecule has 1 radical (unpaired) electrons. The zero-order valence-corrected chi connectivity index (χ0v) is 6.41. The second-order valence-electron chi connectivity index (χ2n) is 2.49. The molecule has 0 amide bonds. The van der Waals surface area contributed by atoms with Gasteiger partial charge in [-0.05, 0) is 18.2 Å². The summed E-state index contributed by atoms with van der Waals surface area (Å²) in [5, 5.41) is 1.09. The summed E-state index contributed by atoms with van der Waals surface area (Å²) in [5.74, 6) is 2.57. The average molecular weight is 152 g/mol. The first kappa shape index (κ1) is 6.87. The summed E-state index contributed by atoms with van der Waals surface area (Å²) in [6.45, 7) is 0. The van der Waals surface area contributed by atoms with Crippen LogP contribution in [0.25, 0.3) is 10.9 Å². The highest BCUT2D eigenvalue weighted by atomic mass is 14.6. The average Bonchev–Trinajstić information content (AvgIpc) is 2.17. The van der Waals surface area contributed by atoms with Crippen LogP contribution >= 0.6 is 0 Å². The van der Waals surface area contributed by atoms with E-state index in [1.807, 2.05) is 24.3 Å². The molecular formula is C11H6N. The maximum Gasteiger partial charge on any atom is 0.0894 e. The van der Waals surface area contributed by atoms with Gasteiger partial charge in [-0.1, -0.05) is 18.1 Å². The van der Waals surface area contributed by atoms with E-state index in [0.29, 0.717) is 0 Å². The first-order chi connectivity index (χ1) is 5.90. The monoisotopic (exact) mass is 152 g/mol. The van der Waals surface area contributed by atoms with Crippen LogP contribution in [0, 0.1) is 18.5 Å². The first-order valence-electron chi connectivity index (χ1n) is 3.63. The third kappa shape index (κ3) is 1.04. The molecule has 55 valence electrons. The minimum absolute atomic E-state index is 0.856. The van der Waals surface area contributed by atoms with Crippen molar-refractivity contribution in [3.8, 4) is 12.3 Å². The minimum Gasteiger partial charge on any atom is -0.246 e. The van der Waals surface area contributed by atoms with E-state index < -0.39 is 0 Å². The summed E-state index contributed by atoms with van der Waals surface area (Å²) < 4.78 is 0. The molecule has 0 spiro atoms. The lowest BCUT2D eigenvalue weighted by Gasteiger charge is -1.95. The predicted molar refractivity (Wildman–Crippen MR) is 48.5 cm³/mol. The van der Waals surface area contributed by atoms with Crippen LogP contribution < -0.4 is 0 Å². The number of fused-ring (bicyclic) bond motifs is 1. The van der Waals surface area contributed by atoms with Gasteiger partial charge in [-0.15, -0.1) is 6.42 Å². The lowest BCUT2D eigenvalue weighted by atomic mass is 10.1. The van der Waals surface area contributed by atoms with E-state index in [1.54, 1.807) is 6.07 Å². The molecule has 0 aliphatic heterocycles. The Morgan fingerprint density at radius 1 is 1.33 bits per heavy atom. The molecule has 1 aromatic carbocycles. The molecule has 0 aliphatic carbocycles. The number of rotatable bonds is 0. The highest BCUT2D eigenvalue weighted by Gasteiger charge is 1.93. The normalized spacial score (nSPS) is 9.58. The summed E-state index contributed by atoms with van der Waals surface area (Å²) in [5.41, 5.74) is 1.75. The van der Waals surface area contributed by atoms with Crippen LogP contribution in [0.4, 0.5) is 0 Å². The van der Waals surface area contributed by atoms with Gasteiger partial charge in [0.2, 0.25) is 0 Å². The molecule has 1 heterocycles. The van der Waals surface area contributed by atoms with E-state index in [1.165, 1.54) is 0 Å². The van der Waals surface area contributed by atoms with Gasteiger partial charge in [0, 0.05) is 10.9 Å². The van der Waals surface area contributed by atoms with E-state index in [2.05, 4.69) is 17.1 Å². The zero-order chi connectivity index (χ0) is 8.39. The molecule has 1 nitrogen and oxygen atoms in total. The second kappa shape index (κ2) is 2.67.